The van der Waals surface area contributed by atoms with Gasteiger partial charge in [-0.05, 0) is 55.5 Å². The first-order valence-electron chi connectivity index (χ1n) is 11.8. The van der Waals surface area contributed by atoms with Crippen molar-refractivity contribution in [2.24, 2.45) is 0 Å². The van der Waals surface area contributed by atoms with Crippen LogP contribution < -0.4 is 5.32 Å². The Morgan fingerprint density at radius 3 is 2.06 bits per heavy atom. The molecule has 1 fully saturated rings. The standard InChI is InChI=1S/C27H28N4O5/c1-2-36-27(35)21-10-12-22(13-11-21)28-24(32)19-31-14-6-9-23(31)26(34)30-17-15-29(16-18-30)25(33)20-7-4-3-5-8-20/h3-14H,2,15-19H2,1H3,(H,28,32). The van der Waals surface area contributed by atoms with E-state index >= 15 is 0 Å². The predicted octanol–water partition coefficient (Wildman–Crippen LogP) is 2.90. The minimum absolute atomic E-state index is 0.0415. The van der Waals surface area contributed by atoms with Crippen LogP contribution in [0.4, 0.5) is 5.69 Å². The molecular formula is C27H28N4O5. The molecule has 0 bridgehead atoms. The van der Waals surface area contributed by atoms with Gasteiger partial charge in [0.25, 0.3) is 11.8 Å². The molecule has 1 aliphatic rings. The average Bonchev–Trinajstić information content (AvgIpc) is 3.36. The van der Waals surface area contributed by atoms with Gasteiger partial charge >= 0.3 is 5.97 Å². The Morgan fingerprint density at radius 1 is 0.778 bits per heavy atom. The lowest BCUT2D eigenvalue weighted by Crippen LogP contribution is -2.51. The number of amides is 3. The van der Waals surface area contributed by atoms with Gasteiger partial charge in [-0.2, -0.15) is 0 Å². The minimum atomic E-state index is -0.420. The largest absolute Gasteiger partial charge is 0.462 e. The summed E-state index contributed by atoms with van der Waals surface area (Å²) in [6.07, 6.45) is 1.69. The topological polar surface area (TPSA) is 101 Å². The van der Waals surface area contributed by atoms with Gasteiger partial charge < -0.3 is 24.4 Å². The molecule has 0 saturated carbocycles. The molecule has 0 aliphatic carbocycles. The molecule has 2 aromatic carbocycles. The van der Waals surface area contributed by atoms with E-state index < -0.39 is 5.97 Å². The second kappa shape index (κ2) is 11.4. The summed E-state index contributed by atoms with van der Waals surface area (Å²) < 4.78 is 6.56. The van der Waals surface area contributed by atoms with Crippen LogP contribution in [0.15, 0.2) is 72.9 Å². The molecule has 0 atom stereocenters. The number of esters is 1. The van der Waals surface area contributed by atoms with E-state index in [2.05, 4.69) is 5.32 Å². The zero-order chi connectivity index (χ0) is 25.5. The lowest BCUT2D eigenvalue weighted by Gasteiger charge is -2.35. The van der Waals surface area contributed by atoms with E-state index in [0.717, 1.165) is 0 Å². The summed E-state index contributed by atoms with van der Waals surface area (Å²) in [6.45, 7) is 3.71. The molecule has 0 unspecified atom stereocenters. The van der Waals surface area contributed by atoms with Crippen LogP contribution in [0.25, 0.3) is 0 Å². The van der Waals surface area contributed by atoms with Gasteiger partial charge in [-0.25, -0.2) is 4.79 Å². The maximum atomic E-state index is 13.1. The molecule has 36 heavy (non-hydrogen) atoms. The monoisotopic (exact) mass is 488 g/mol. The number of carbonyl (C=O) groups excluding carboxylic acids is 4. The van der Waals surface area contributed by atoms with Gasteiger partial charge in [0.2, 0.25) is 5.91 Å². The number of benzene rings is 2. The second-order valence-electron chi connectivity index (χ2n) is 8.32. The van der Waals surface area contributed by atoms with Crippen molar-refractivity contribution in [2.45, 2.75) is 13.5 Å². The molecule has 0 spiro atoms. The Labute approximate surface area is 209 Å². The van der Waals surface area contributed by atoms with Crippen molar-refractivity contribution in [3.05, 3.63) is 89.7 Å². The fraction of sp³-hybridized carbons (Fsp3) is 0.259. The maximum Gasteiger partial charge on any atom is 0.338 e. The van der Waals surface area contributed by atoms with Crippen LogP contribution in [0.3, 0.4) is 0 Å². The molecule has 9 heteroatoms. The van der Waals surface area contributed by atoms with Crippen LogP contribution in [0, 0.1) is 0 Å². The highest BCUT2D eigenvalue weighted by Gasteiger charge is 2.27. The van der Waals surface area contributed by atoms with E-state index in [1.54, 1.807) is 76.0 Å². The summed E-state index contributed by atoms with van der Waals surface area (Å²) in [6, 6.07) is 18.9. The van der Waals surface area contributed by atoms with E-state index in [1.807, 2.05) is 18.2 Å². The van der Waals surface area contributed by atoms with Crippen molar-refractivity contribution in [3.63, 3.8) is 0 Å². The van der Waals surface area contributed by atoms with Crippen LogP contribution >= 0.6 is 0 Å². The van der Waals surface area contributed by atoms with Crippen molar-refractivity contribution in [3.8, 4) is 0 Å². The summed E-state index contributed by atoms with van der Waals surface area (Å²) in [5.41, 5.74) is 1.98. The summed E-state index contributed by atoms with van der Waals surface area (Å²) in [5, 5.41) is 2.78. The molecule has 1 saturated heterocycles. The average molecular weight is 489 g/mol. The number of nitrogens with zero attached hydrogens (tertiary/aromatic N) is 3. The van der Waals surface area contributed by atoms with Crippen LogP contribution in [0.2, 0.25) is 0 Å². The minimum Gasteiger partial charge on any atom is -0.462 e. The number of hydrogen-bond donors (Lipinski definition) is 1. The Kier molecular flexibility index (Phi) is 7.79. The van der Waals surface area contributed by atoms with Gasteiger partial charge in [-0.15, -0.1) is 0 Å². The zero-order valence-electron chi connectivity index (χ0n) is 20.1. The van der Waals surface area contributed by atoms with E-state index in [-0.39, 0.29) is 30.9 Å². The Bertz CT molecular complexity index is 1230. The number of aromatic nitrogens is 1. The van der Waals surface area contributed by atoms with Gasteiger partial charge in [-0.1, -0.05) is 18.2 Å². The van der Waals surface area contributed by atoms with Crippen LogP contribution in [-0.2, 0) is 16.1 Å². The van der Waals surface area contributed by atoms with Crippen LogP contribution in [0.1, 0.15) is 38.1 Å². The molecule has 3 amide bonds. The van der Waals surface area contributed by atoms with E-state index in [0.29, 0.717) is 48.7 Å². The molecular weight excluding hydrogens is 460 g/mol. The molecule has 1 N–H and O–H groups in total. The van der Waals surface area contributed by atoms with Gasteiger partial charge in [0.15, 0.2) is 0 Å². The van der Waals surface area contributed by atoms with E-state index in [4.69, 9.17) is 4.74 Å². The summed E-state index contributed by atoms with van der Waals surface area (Å²) in [7, 11) is 0. The van der Waals surface area contributed by atoms with Crippen molar-refractivity contribution in [1.29, 1.82) is 0 Å². The number of hydrogen-bond acceptors (Lipinski definition) is 5. The van der Waals surface area contributed by atoms with Crippen molar-refractivity contribution in [2.75, 3.05) is 38.1 Å². The first kappa shape index (κ1) is 24.7. The fourth-order valence-corrected chi connectivity index (χ4v) is 4.04. The SMILES string of the molecule is CCOC(=O)c1ccc(NC(=O)Cn2cccc2C(=O)N2CCN(C(=O)c3ccccc3)CC2)cc1. The molecule has 3 aromatic rings. The van der Waals surface area contributed by atoms with Gasteiger partial charge in [0.1, 0.15) is 12.2 Å². The van der Waals surface area contributed by atoms with Crippen molar-refractivity contribution >= 4 is 29.4 Å². The van der Waals surface area contributed by atoms with Gasteiger partial charge in [0.05, 0.1) is 12.2 Å². The Hall–Kier alpha value is -4.40. The molecule has 9 nitrogen and oxygen atoms in total. The second-order valence-corrected chi connectivity index (χ2v) is 8.32. The van der Waals surface area contributed by atoms with Gasteiger partial charge in [0, 0.05) is 43.6 Å². The smallest absolute Gasteiger partial charge is 0.338 e. The Morgan fingerprint density at radius 2 is 1.42 bits per heavy atom. The highest BCUT2D eigenvalue weighted by Crippen LogP contribution is 2.14. The van der Waals surface area contributed by atoms with Crippen molar-refractivity contribution in [1.82, 2.24) is 14.4 Å². The first-order chi connectivity index (χ1) is 17.5. The highest BCUT2D eigenvalue weighted by atomic mass is 16.5. The summed E-state index contributed by atoms with van der Waals surface area (Å²) in [4.78, 5) is 53.6. The van der Waals surface area contributed by atoms with Crippen LogP contribution in [0.5, 0.6) is 0 Å². The van der Waals surface area contributed by atoms with Crippen molar-refractivity contribution < 1.29 is 23.9 Å². The first-order valence-corrected chi connectivity index (χ1v) is 11.8. The maximum absolute atomic E-state index is 13.1. The normalized spacial score (nSPS) is 13.2. The van der Waals surface area contributed by atoms with E-state index in [9.17, 15) is 19.2 Å². The lowest BCUT2D eigenvalue weighted by molar-refractivity contribution is -0.116. The number of nitrogens with one attached hydrogen (secondary N) is 1. The molecule has 1 aliphatic heterocycles. The quantitative estimate of drug-likeness (QED) is 0.516. The van der Waals surface area contributed by atoms with Gasteiger partial charge in [-0.3, -0.25) is 14.4 Å². The Balaban J connectivity index is 1.32. The molecule has 186 valence electrons. The number of carbonyl (C=O) groups is 4. The highest BCUT2D eigenvalue weighted by molar-refractivity contribution is 5.96. The summed E-state index contributed by atoms with van der Waals surface area (Å²) >= 11 is 0. The third-order valence-electron chi connectivity index (χ3n) is 5.92. The number of piperazine rings is 1. The lowest BCUT2D eigenvalue weighted by atomic mass is 10.2. The zero-order valence-corrected chi connectivity index (χ0v) is 20.1. The molecule has 1 aromatic heterocycles. The number of anilines is 1. The molecule has 4 rings (SSSR count). The molecule has 0 radical (unpaired) electrons. The third kappa shape index (κ3) is 5.80. The summed E-state index contributed by atoms with van der Waals surface area (Å²) in [5.74, 6) is -0.949. The predicted molar refractivity (Wildman–Crippen MR) is 134 cm³/mol. The van der Waals surface area contributed by atoms with Crippen LogP contribution in [-0.4, -0.2) is 70.8 Å². The van der Waals surface area contributed by atoms with E-state index in [1.165, 1.54) is 0 Å². The fourth-order valence-electron chi connectivity index (χ4n) is 4.04. The third-order valence-corrected chi connectivity index (χ3v) is 5.92. The number of rotatable bonds is 7. The number of ether oxygens (including phenoxy) is 1. The molecule has 2 heterocycles.